The van der Waals surface area contributed by atoms with Gasteiger partial charge in [0.25, 0.3) is 0 Å². The zero-order valence-electron chi connectivity index (χ0n) is 13.3. The molecule has 20 heavy (non-hydrogen) atoms. The average molecular weight is 278 g/mol. The summed E-state index contributed by atoms with van der Waals surface area (Å²) in [5.41, 5.74) is 0. The predicted octanol–water partition coefficient (Wildman–Crippen LogP) is 6.20. The summed E-state index contributed by atoms with van der Waals surface area (Å²) in [5, 5.41) is 0. The first-order valence-corrected chi connectivity index (χ1v) is 8.88. The lowest BCUT2D eigenvalue weighted by Gasteiger charge is -2.02. The molecule has 0 fully saturated rings. The van der Waals surface area contributed by atoms with Gasteiger partial charge in [0.05, 0.1) is 6.61 Å². The largest absolute Gasteiger partial charge is 0.377 e. The molecule has 0 spiro atoms. The quantitative estimate of drug-likeness (QED) is 0.479. The van der Waals surface area contributed by atoms with E-state index in [9.17, 15) is 0 Å². The van der Waals surface area contributed by atoms with Crippen molar-refractivity contribution in [2.45, 2.75) is 83.5 Å². The molecule has 0 amide bonds. The summed E-state index contributed by atoms with van der Waals surface area (Å²) in [4.78, 5) is 0. The van der Waals surface area contributed by atoms with E-state index in [1.54, 1.807) is 0 Å². The molecular weight excluding hydrogens is 244 g/mol. The van der Waals surface area contributed by atoms with Crippen molar-refractivity contribution in [3.63, 3.8) is 0 Å². The van der Waals surface area contributed by atoms with Crippen LogP contribution in [0.5, 0.6) is 0 Å². The van der Waals surface area contributed by atoms with E-state index >= 15 is 0 Å². The molecule has 0 radical (unpaired) electrons. The first kappa shape index (κ1) is 17.5. The Kier molecular flexibility index (Phi) is 13.0. The Balaban J connectivity index is 2.11. The third kappa shape index (κ3) is 12.5. The maximum atomic E-state index is 5.62. The fourth-order valence-corrected chi connectivity index (χ4v) is 2.62. The molecular formula is C19H34O. The van der Waals surface area contributed by atoms with Crippen molar-refractivity contribution >= 4 is 0 Å². The molecule has 1 aliphatic heterocycles. The van der Waals surface area contributed by atoms with E-state index in [-0.39, 0.29) is 0 Å². The highest BCUT2D eigenvalue weighted by Gasteiger charge is 1.92. The highest BCUT2D eigenvalue weighted by atomic mass is 16.5. The number of hydrogen-bond acceptors (Lipinski definition) is 1. The molecule has 0 aromatic carbocycles. The average Bonchev–Trinajstić information content (AvgIpc) is 2.46. The van der Waals surface area contributed by atoms with Crippen LogP contribution < -0.4 is 0 Å². The summed E-state index contributed by atoms with van der Waals surface area (Å²) >= 11 is 0. The molecule has 116 valence electrons. The Morgan fingerprint density at radius 1 is 0.450 bits per heavy atom. The van der Waals surface area contributed by atoms with Gasteiger partial charge in [-0.15, -0.1) is 0 Å². The van der Waals surface area contributed by atoms with Crippen LogP contribution in [-0.4, -0.2) is 13.2 Å². The molecule has 0 aromatic rings. The van der Waals surface area contributed by atoms with Gasteiger partial charge in [-0.1, -0.05) is 62.8 Å². The number of rotatable bonds is 0. The van der Waals surface area contributed by atoms with Gasteiger partial charge in [-0.05, 0) is 44.9 Å². The van der Waals surface area contributed by atoms with Gasteiger partial charge in [-0.2, -0.15) is 0 Å². The molecule has 0 unspecified atom stereocenters. The van der Waals surface area contributed by atoms with Gasteiger partial charge < -0.3 is 4.74 Å². The first-order chi connectivity index (χ1) is 10.0. The van der Waals surface area contributed by atoms with Crippen molar-refractivity contribution < 1.29 is 4.74 Å². The van der Waals surface area contributed by atoms with Crippen LogP contribution in [-0.2, 0) is 4.74 Å². The molecule has 0 atom stereocenters. The second-order valence-electron chi connectivity index (χ2n) is 5.92. The fraction of sp³-hybridized carbons (Fsp3) is 0.789. The Labute approximate surface area is 126 Å². The summed E-state index contributed by atoms with van der Waals surface area (Å²) in [6, 6.07) is 0. The van der Waals surface area contributed by atoms with Crippen LogP contribution in [0, 0.1) is 0 Å². The third-order valence-corrected chi connectivity index (χ3v) is 3.95. The third-order valence-electron chi connectivity index (χ3n) is 3.95. The van der Waals surface area contributed by atoms with Crippen LogP contribution in [0.15, 0.2) is 24.3 Å². The molecule has 1 heteroatoms. The normalized spacial score (nSPS) is 24.0. The van der Waals surface area contributed by atoms with Crippen LogP contribution in [0.2, 0.25) is 0 Å². The summed E-state index contributed by atoms with van der Waals surface area (Å²) in [5.74, 6) is 0. The maximum absolute atomic E-state index is 5.62. The molecule has 0 aromatic heterocycles. The van der Waals surface area contributed by atoms with E-state index in [1.165, 1.54) is 83.5 Å². The molecule has 0 aliphatic carbocycles. The number of allylic oxidation sites excluding steroid dienone is 3. The van der Waals surface area contributed by atoms with E-state index in [0.717, 1.165) is 13.2 Å². The number of hydrogen-bond donors (Lipinski definition) is 0. The van der Waals surface area contributed by atoms with Gasteiger partial charge in [-0.25, -0.2) is 0 Å². The lowest BCUT2D eigenvalue weighted by Crippen LogP contribution is -1.94. The lowest BCUT2D eigenvalue weighted by atomic mass is 10.1. The van der Waals surface area contributed by atoms with Crippen molar-refractivity contribution in [1.29, 1.82) is 0 Å². The van der Waals surface area contributed by atoms with Crippen molar-refractivity contribution in [1.82, 2.24) is 0 Å². The monoisotopic (exact) mass is 278 g/mol. The molecule has 0 saturated heterocycles. The van der Waals surface area contributed by atoms with Gasteiger partial charge in [0, 0.05) is 6.61 Å². The lowest BCUT2D eigenvalue weighted by molar-refractivity contribution is 0.157. The fourth-order valence-electron chi connectivity index (χ4n) is 2.62. The van der Waals surface area contributed by atoms with Gasteiger partial charge >= 0.3 is 0 Å². The van der Waals surface area contributed by atoms with Gasteiger partial charge in [-0.3, -0.25) is 0 Å². The summed E-state index contributed by atoms with van der Waals surface area (Å²) in [7, 11) is 0. The van der Waals surface area contributed by atoms with Gasteiger partial charge in [0.1, 0.15) is 0 Å². The maximum Gasteiger partial charge on any atom is 0.0647 e. The predicted molar refractivity (Wildman–Crippen MR) is 89.1 cm³/mol. The molecule has 1 heterocycles. The summed E-state index contributed by atoms with van der Waals surface area (Å²) in [6.45, 7) is 1.75. The van der Waals surface area contributed by atoms with Crippen LogP contribution >= 0.6 is 0 Å². The molecule has 1 aliphatic rings. The summed E-state index contributed by atoms with van der Waals surface area (Å²) < 4.78 is 5.62. The van der Waals surface area contributed by atoms with Crippen molar-refractivity contribution in [3.05, 3.63) is 24.3 Å². The highest BCUT2D eigenvalue weighted by Crippen LogP contribution is 2.10. The highest BCUT2D eigenvalue weighted by molar-refractivity contribution is 4.82. The molecule has 0 saturated carbocycles. The smallest absolute Gasteiger partial charge is 0.0647 e. The molecule has 0 bridgehead atoms. The van der Waals surface area contributed by atoms with Gasteiger partial charge in [0.15, 0.2) is 0 Å². The topological polar surface area (TPSA) is 9.23 Å². The minimum absolute atomic E-state index is 0.810. The number of ether oxygens (including phenoxy) is 1. The van der Waals surface area contributed by atoms with E-state index < -0.39 is 0 Å². The zero-order chi connectivity index (χ0) is 14.1. The Bertz CT molecular complexity index is 218. The Morgan fingerprint density at radius 3 is 1.50 bits per heavy atom. The molecule has 0 N–H and O–H groups in total. The standard InChI is InChI=1S/C19H34O/c1-2-4-6-8-10-12-14-16-18-20-19-17-15-13-11-9-7-5-3-1/h2,4,15,17H,1,3,5-14,16,18-19H2/b4-2+,17-15?. The van der Waals surface area contributed by atoms with Crippen LogP contribution in [0.3, 0.4) is 0 Å². The second-order valence-corrected chi connectivity index (χ2v) is 5.92. The van der Waals surface area contributed by atoms with E-state index in [2.05, 4.69) is 24.3 Å². The minimum atomic E-state index is 0.810. The Hall–Kier alpha value is -0.560. The van der Waals surface area contributed by atoms with E-state index in [1.807, 2.05) is 0 Å². The van der Waals surface area contributed by atoms with Crippen LogP contribution in [0.4, 0.5) is 0 Å². The minimum Gasteiger partial charge on any atom is -0.377 e. The van der Waals surface area contributed by atoms with Crippen molar-refractivity contribution in [2.75, 3.05) is 13.2 Å². The van der Waals surface area contributed by atoms with Crippen molar-refractivity contribution in [3.8, 4) is 0 Å². The van der Waals surface area contributed by atoms with Gasteiger partial charge in [0.2, 0.25) is 0 Å². The first-order valence-electron chi connectivity index (χ1n) is 8.88. The van der Waals surface area contributed by atoms with E-state index in [0.29, 0.717) is 0 Å². The molecule has 1 nitrogen and oxygen atoms in total. The SMILES string of the molecule is C1=CCOCCCCCCC/C=C/CCCCCCC1. The Morgan fingerprint density at radius 2 is 0.900 bits per heavy atom. The molecule has 1 rings (SSSR count). The van der Waals surface area contributed by atoms with Crippen LogP contribution in [0.25, 0.3) is 0 Å². The van der Waals surface area contributed by atoms with Crippen molar-refractivity contribution in [2.24, 2.45) is 0 Å². The second kappa shape index (κ2) is 14.8. The summed E-state index contributed by atoms with van der Waals surface area (Å²) in [6.07, 6.45) is 26.6. The van der Waals surface area contributed by atoms with E-state index in [4.69, 9.17) is 4.74 Å². The van der Waals surface area contributed by atoms with Crippen LogP contribution in [0.1, 0.15) is 83.5 Å². The zero-order valence-corrected chi connectivity index (χ0v) is 13.3.